The van der Waals surface area contributed by atoms with Gasteiger partial charge in [-0.1, -0.05) is 42.7 Å². The van der Waals surface area contributed by atoms with Gasteiger partial charge >= 0.3 is 0 Å². The number of nitrogens with zero attached hydrogens (tertiary/aromatic N) is 1. The van der Waals surface area contributed by atoms with Crippen molar-refractivity contribution in [1.82, 2.24) is 4.90 Å². The van der Waals surface area contributed by atoms with Crippen molar-refractivity contribution in [2.24, 2.45) is 0 Å². The lowest BCUT2D eigenvalue weighted by Gasteiger charge is -2.22. The fourth-order valence-electron chi connectivity index (χ4n) is 3.12. The zero-order valence-electron chi connectivity index (χ0n) is 14.9. The first kappa shape index (κ1) is 18.5. The van der Waals surface area contributed by atoms with Gasteiger partial charge in [0.05, 0.1) is 16.1 Å². The molecule has 0 atom stereocenters. The Bertz CT molecular complexity index is 868. The molecule has 1 saturated heterocycles. The molecule has 0 aromatic heterocycles. The van der Waals surface area contributed by atoms with Crippen LogP contribution in [-0.2, 0) is 10.0 Å². The van der Waals surface area contributed by atoms with Crippen molar-refractivity contribution in [3.8, 4) is 0 Å². The van der Waals surface area contributed by atoms with Crippen LogP contribution in [0, 0.1) is 6.92 Å². The number of rotatable bonds is 4. The molecule has 1 aliphatic rings. The third-order valence-corrected chi connectivity index (χ3v) is 6.01. The van der Waals surface area contributed by atoms with Crippen molar-refractivity contribution >= 4 is 21.6 Å². The van der Waals surface area contributed by atoms with E-state index in [-0.39, 0.29) is 10.8 Å². The maximum atomic E-state index is 12.9. The highest BCUT2D eigenvalue weighted by Crippen LogP contribution is 2.23. The van der Waals surface area contributed by atoms with E-state index in [0.29, 0.717) is 11.3 Å². The van der Waals surface area contributed by atoms with Crippen LogP contribution < -0.4 is 4.72 Å². The van der Waals surface area contributed by atoms with Crippen LogP contribution in [0.5, 0.6) is 0 Å². The molecule has 1 fully saturated rings. The zero-order chi connectivity index (χ0) is 18.6. The summed E-state index contributed by atoms with van der Waals surface area (Å²) in [6.45, 7) is 3.34. The molecule has 0 bridgehead atoms. The quantitative estimate of drug-likeness (QED) is 0.887. The molecular weight excluding hydrogens is 348 g/mol. The molecule has 6 heteroatoms. The molecule has 0 saturated carbocycles. The average Bonchev–Trinajstić information content (AvgIpc) is 2.91. The summed E-state index contributed by atoms with van der Waals surface area (Å²) < 4.78 is 27.9. The van der Waals surface area contributed by atoms with Crippen molar-refractivity contribution in [1.29, 1.82) is 0 Å². The summed E-state index contributed by atoms with van der Waals surface area (Å²) in [7, 11) is -3.74. The van der Waals surface area contributed by atoms with Gasteiger partial charge in [-0.25, -0.2) is 8.42 Å². The molecule has 0 aliphatic carbocycles. The van der Waals surface area contributed by atoms with E-state index in [4.69, 9.17) is 0 Å². The number of sulfonamides is 1. The molecule has 2 aromatic carbocycles. The molecule has 26 heavy (non-hydrogen) atoms. The lowest BCUT2D eigenvalue weighted by molar-refractivity contribution is 0.0762. The van der Waals surface area contributed by atoms with Crippen LogP contribution in [0.2, 0.25) is 0 Å². The predicted octanol–water partition coefficient (Wildman–Crippen LogP) is 3.81. The highest BCUT2D eigenvalue weighted by molar-refractivity contribution is 7.92. The van der Waals surface area contributed by atoms with Crippen LogP contribution in [0.1, 0.15) is 41.6 Å². The number of carbonyl (C=O) groups is 1. The normalized spacial score (nSPS) is 15.3. The number of aryl methyl sites for hydroxylation is 1. The molecule has 138 valence electrons. The van der Waals surface area contributed by atoms with Gasteiger partial charge in [0.2, 0.25) is 0 Å². The van der Waals surface area contributed by atoms with Crippen molar-refractivity contribution in [2.45, 2.75) is 37.5 Å². The number of nitrogens with one attached hydrogen (secondary N) is 1. The molecule has 3 rings (SSSR count). The average molecular weight is 372 g/mol. The van der Waals surface area contributed by atoms with Crippen LogP contribution in [-0.4, -0.2) is 32.3 Å². The number of likely N-dealkylation sites (tertiary alicyclic amines) is 1. The van der Waals surface area contributed by atoms with Gasteiger partial charge in [-0.15, -0.1) is 0 Å². The number of carbonyl (C=O) groups excluding carboxylic acids is 1. The molecule has 1 N–H and O–H groups in total. The van der Waals surface area contributed by atoms with Crippen molar-refractivity contribution in [3.63, 3.8) is 0 Å². The maximum Gasteiger partial charge on any atom is 0.261 e. The van der Waals surface area contributed by atoms with Crippen molar-refractivity contribution in [3.05, 3.63) is 59.7 Å². The summed E-state index contributed by atoms with van der Waals surface area (Å²) >= 11 is 0. The van der Waals surface area contributed by atoms with E-state index in [1.165, 1.54) is 0 Å². The molecule has 0 radical (unpaired) electrons. The fraction of sp³-hybridized carbons (Fsp3) is 0.350. The minimum Gasteiger partial charge on any atom is -0.339 e. The van der Waals surface area contributed by atoms with Gasteiger partial charge in [0.1, 0.15) is 0 Å². The Kier molecular flexibility index (Phi) is 5.61. The van der Waals surface area contributed by atoms with E-state index in [1.807, 2.05) is 11.8 Å². The van der Waals surface area contributed by atoms with Crippen LogP contribution >= 0.6 is 0 Å². The number of para-hydroxylation sites is 1. The van der Waals surface area contributed by atoms with E-state index in [2.05, 4.69) is 4.72 Å². The second-order valence-electron chi connectivity index (χ2n) is 6.67. The highest BCUT2D eigenvalue weighted by Gasteiger charge is 2.22. The number of anilines is 1. The summed E-state index contributed by atoms with van der Waals surface area (Å²) in [4.78, 5) is 14.9. The fourth-order valence-corrected chi connectivity index (χ4v) is 4.20. The molecule has 0 unspecified atom stereocenters. The Hall–Kier alpha value is -2.34. The number of hydrogen-bond acceptors (Lipinski definition) is 3. The summed E-state index contributed by atoms with van der Waals surface area (Å²) in [5.41, 5.74) is 1.70. The first-order valence-electron chi connectivity index (χ1n) is 8.95. The second kappa shape index (κ2) is 7.91. The van der Waals surface area contributed by atoms with E-state index in [9.17, 15) is 13.2 Å². The largest absolute Gasteiger partial charge is 0.339 e. The molecular formula is C20H24N2O3S. The van der Waals surface area contributed by atoms with Crippen LogP contribution in [0.4, 0.5) is 5.69 Å². The Morgan fingerprint density at radius 1 is 0.923 bits per heavy atom. The lowest BCUT2D eigenvalue weighted by atomic mass is 10.1. The molecule has 2 aromatic rings. The monoisotopic (exact) mass is 372 g/mol. The summed E-state index contributed by atoms with van der Waals surface area (Å²) in [5, 5.41) is 0. The Morgan fingerprint density at radius 2 is 1.54 bits per heavy atom. The minimum absolute atomic E-state index is 0.117. The minimum atomic E-state index is -3.74. The maximum absolute atomic E-state index is 12.9. The first-order valence-corrected chi connectivity index (χ1v) is 10.4. The van der Waals surface area contributed by atoms with Crippen LogP contribution in [0.15, 0.2) is 53.4 Å². The number of amides is 1. The molecule has 1 aliphatic heterocycles. The summed E-state index contributed by atoms with van der Waals surface area (Å²) in [6, 6.07) is 13.4. The zero-order valence-corrected chi connectivity index (χ0v) is 15.8. The van der Waals surface area contributed by atoms with Crippen LogP contribution in [0.3, 0.4) is 0 Å². The SMILES string of the molecule is Cc1ccc(S(=O)(=O)Nc2ccccc2C(=O)N2CCCCCC2)cc1. The van der Waals surface area contributed by atoms with Gasteiger partial charge < -0.3 is 4.90 Å². The number of benzene rings is 2. The molecule has 1 heterocycles. The Balaban J connectivity index is 1.87. The smallest absolute Gasteiger partial charge is 0.261 e. The van der Waals surface area contributed by atoms with Crippen LogP contribution in [0.25, 0.3) is 0 Å². The van der Waals surface area contributed by atoms with Gasteiger partial charge in [0.15, 0.2) is 0 Å². The Morgan fingerprint density at radius 3 is 2.19 bits per heavy atom. The molecule has 0 spiro atoms. The van der Waals surface area contributed by atoms with E-state index < -0.39 is 10.0 Å². The third kappa shape index (κ3) is 4.25. The topological polar surface area (TPSA) is 66.5 Å². The molecule has 5 nitrogen and oxygen atoms in total. The second-order valence-corrected chi connectivity index (χ2v) is 8.35. The van der Waals surface area contributed by atoms with E-state index in [0.717, 1.165) is 44.3 Å². The standard InChI is InChI=1S/C20H24N2O3S/c1-16-10-12-17(13-11-16)26(24,25)21-19-9-5-4-8-18(19)20(23)22-14-6-2-3-7-15-22/h4-5,8-13,21H,2-3,6-7,14-15H2,1H3. The van der Waals surface area contributed by atoms with E-state index >= 15 is 0 Å². The predicted molar refractivity (Wildman–Crippen MR) is 103 cm³/mol. The lowest BCUT2D eigenvalue weighted by Crippen LogP contribution is -2.32. The van der Waals surface area contributed by atoms with Gasteiger partial charge in [-0.3, -0.25) is 9.52 Å². The van der Waals surface area contributed by atoms with Gasteiger partial charge in [0, 0.05) is 13.1 Å². The van der Waals surface area contributed by atoms with Gasteiger partial charge in [-0.2, -0.15) is 0 Å². The van der Waals surface area contributed by atoms with Crippen molar-refractivity contribution < 1.29 is 13.2 Å². The van der Waals surface area contributed by atoms with Gasteiger partial charge in [0.25, 0.3) is 15.9 Å². The van der Waals surface area contributed by atoms with E-state index in [1.54, 1.807) is 48.5 Å². The van der Waals surface area contributed by atoms with Gasteiger partial charge in [-0.05, 0) is 44.0 Å². The summed E-state index contributed by atoms with van der Waals surface area (Å²) in [6.07, 6.45) is 4.24. The summed E-state index contributed by atoms with van der Waals surface area (Å²) in [5.74, 6) is -0.117. The van der Waals surface area contributed by atoms with Crippen molar-refractivity contribution in [2.75, 3.05) is 17.8 Å². The highest BCUT2D eigenvalue weighted by atomic mass is 32.2. The molecule has 1 amide bonds. The first-order chi connectivity index (χ1) is 12.5. The third-order valence-electron chi connectivity index (χ3n) is 4.63. The Labute approximate surface area is 155 Å². The number of hydrogen-bond donors (Lipinski definition) is 1.